The first kappa shape index (κ1) is 13.1. The van der Waals surface area contributed by atoms with E-state index >= 15 is 0 Å². The van der Waals surface area contributed by atoms with Crippen LogP contribution in [0.15, 0.2) is 28.2 Å². The molecule has 1 unspecified atom stereocenters. The van der Waals surface area contributed by atoms with E-state index < -0.39 is 0 Å². The van der Waals surface area contributed by atoms with Crippen molar-refractivity contribution in [2.75, 3.05) is 5.32 Å². The van der Waals surface area contributed by atoms with Crippen LogP contribution in [0.4, 0.5) is 5.82 Å². The summed E-state index contributed by atoms with van der Waals surface area (Å²) in [6, 6.07) is 6.59. The zero-order valence-corrected chi connectivity index (χ0v) is 13.2. The van der Waals surface area contributed by atoms with Gasteiger partial charge in [-0.25, -0.2) is 9.97 Å². The Bertz CT molecular complexity index is 552. The SMILES string of the molecule is CC(Cc1cccs1)Nc1cc(Br)nc(C2CC2)n1. The Morgan fingerprint density at radius 3 is 3.00 bits per heavy atom. The first-order chi connectivity index (χ1) is 9.20. The van der Waals surface area contributed by atoms with Crippen LogP contribution < -0.4 is 5.32 Å². The summed E-state index contributed by atoms with van der Waals surface area (Å²) in [5.41, 5.74) is 0. The molecule has 0 aliphatic heterocycles. The van der Waals surface area contributed by atoms with Gasteiger partial charge < -0.3 is 5.32 Å². The lowest BCUT2D eigenvalue weighted by Crippen LogP contribution is -2.18. The third-order valence-electron chi connectivity index (χ3n) is 3.14. The van der Waals surface area contributed by atoms with E-state index in [1.807, 2.05) is 6.07 Å². The molecule has 2 heterocycles. The second-order valence-electron chi connectivity index (χ2n) is 5.04. The minimum absolute atomic E-state index is 0.368. The van der Waals surface area contributed by atoms with Gasteiger partial charge >= 0.3 is 0 Å². The van der Waals surface area contributed by atoms with Gasteiger partial charge in [0.1, 0.15) is 16.2 Å². The van der Waals surface area contributed by atoms with E-state index in [4.69, 9.17) is 0 Å². The molecule has 3 nitrogen and oxygen atoms in total. The Kier molecular flexibility index (Phi) is 3.84. The first-order valence-corrected chi connectivity index (χ1v) is 8.21. The summed E-state index contributed by atoms with van der Waals surface area (Å²) >= 11 is 5.27. The third-order valence-corrected chi connectivity index (χ3v) is 4.44. The number of halogens is 1. The molecule has 1 N–H and O–H groups in total. The molecular weight excluding hydrogens is 322 g/mol. The van der Waals surface area contributed by atoms with Gasteiger partial charge in [-0.1, -0.05) is 6.07 Å². The van der Waals surface area contributed by atoms with Gasteiger partial charge in [0.05, 0.1) is 0 Å². The van der Waals surface area contributed by atoms with Crippen LogP contribution in [0.2, 0.25) is 0 Å². The van der Waals surface area contributed by atoms with Crippen molar-refractivity contribution in [2.45, 2.75) is 38.1 Å². The van der Waals surface area contributed by atoms with Gasteiger partial charge in [-0.05, 0) is 47.1 Å². The summed E-state index contributed by atoms with van der Waals surface area (Å²) in [6.45, 7) is 2.19. The van der Waals surface area contributed by atoms with Crippen LogP contribution in [0.3, 0.4) is 0 Å². The van der Waals surface area contributed by atoms with Gasteiger partial charge in [-0.2, -0.15) is 0 Å². The smallest absolute Gasteiger partial charge is 0.135 e. The molecule has 1 saturated carbocycles. The molecule has 0 radical (unpaired) electrons. The quantitative estimate of drug-likeness (QED) is 0.830. The van der Waals surface area contributed by atoms with Gasteiger partial charge in [0, 0.05) is 29.3 Å². The lowest BCUT2D eigenvalue weighted by Gasteiger charge is -2.14. The summed E-state index contributed by atoms with van der Waals surface area (Å²) in [6.07, 6.45) is 3.47. The summed E-state index contributed by atoms with van der Waals surface area (Å²) in [5, 5.41) is 5.59. The maximum absolute atomic E-state index is 4.62. The molecular formula is C14H16BrN3S. The van der Waals surface area contributed by atoms with Crippen molar-refractivity contribution in [3.8, 4) is 0 Å². The number of rotatable bonds is 5. The number of anilines is 1. The average molecular weight is 338 g/mol. The van der Waals surface area contributed by atoms with E-state index in [9.17, 15) is 0 Å². The van der Waals surface area contributed by atoms with E-state index in [-0.39, 0.29) is 0 Å². The van der Waals surface area contributed by atoms with Crippen molar-refractivity contribution in [3.63, 3.8) is 0 Å². The minimum atomic E-state index is 0.368. The molecule has 0 bridgehead atoms. The van der Waals surface area contributed by atoms with Crippen molar-refractivity contribution in [1.29, 1.82) is 0 Å². The van der Waals surface area contributed by atoms with Crippen molar-refractivity contribution in [2.24, 2.45) is 0 Å². The highest BCUT2D eigenvalue weighted by Crippen LogP contribution is 2.38. The monoisotopic (exact) mass is 337 g/mol. The second kappa shape index (κ2) is 5.59. The Balaban J connectivity index is 1.68. The molecule has 1 atom stereocenters. The molecule has 19 heavy (non-hydrogen) atoms. The Hall–Kier alpha value is -0.940. The van der Waals surface area contributed by atoms with Gasteiger partial charge in [0.2, 0.25) is 0 Å². The predicted octanol–water partition coefficient (Wildman–Crippen LogP) is 4.22. The van der Waals surface area contributed by atoms with E-state index in [1.165, 1.54) is 17.7 Å². The van der Waals surface area contributed by atoms with Crippen molar-refractivity contribution in [3.05, 3.63) is 38.9 Å². The predicted molar refractivity (Wildman–Crippen MR) is 82.8 cm³/mol. The lowest BCUT2D eigenvalue weighted by atomic mass is 10.2. The maximum Gasteiger partial charge on any atom is 0.135 e. The highest BCUT2D eigenvalue weighted by molar-refractivity contribution is 9.10. The summed E-state index contributed by atoms with van der Waals surface area (Å²) in [7, 11) is 0. The Morgan fingerprint density at radius 2 is 2.32 bits per heavy atom. The van der Waals surface area contributed by atoms with Gasteiger partial charge in [-0.3, -0.25) is 0 Å². The second-order valence-corrected chi connectivity index (χ2v) is 6.88. The van der Waals surface area contributed by atoms with E-state index in [1.54, 1.807) is 11.3 Å². The van der Waals surface area contributed by atoms with Crippen LogP contribution >= 0.6 is 27.3 Å². The molecule has 0 amide bonds. The van der Waals surface area contributed by atoms with Crippen LogP contribution in [0, 0.1) is 0 Å². The van der Waals surface area contributed by atoms with Gasteiger partial charge in [0.25, 0.3) is 0 Å². The molecule has 1 fully saturated rings. The summed E-state index contributed by atoms with van der Waals surface area (Å²) in [4.78, 5) is 10.5. The number of hydrogen-bond donors (Lipinski definition) is 1. The van der Waals surface area contributed by atoms with E-state index in [0.29, 0.717) is 12.0 Å². The molecule has 0 spiro atoms. The fourth-order valence-electron chi connectivity index (χ4n) is 2.07. The number of hydrogen-bond acceptors (Lipinski definition) is 4. The lowest BCUT2D eigenvalue weighted by molar-refractivity contribution is 0.787. The molecule has 100 valence electrons. The first-order valence-electron chi connectivity index (χ1n) is 6.54. The Morgan fingerprint density at radius 1 is 1.47 bits per heavy atom. The van der Waals surface area contributed by atoms with E-state index in [2.05, 4.69) is 55.7 Å². The molecule has 0 saturated heterocycles. The van der Waals surface area contributed by atoms with Crippen LogP contribution in [-0.2, 0) is 6.42 Å². The fourth-order valence-corrected chi connectivity index (χ4v) is 3.30. The van der Waals surface area contributed by atoms with Crippen molar-refractivity contribution >= 4 is 33.1 Å². The number of thiophene rings is 1. The Labute approximate surface area is 125 Å². The highest BCUT2D eigenvalue weighted by Gasteiger charge is 2.27. The molecule has 3 rings (SSSR count). The highest BCUT2D eigenvalue weighted by atomic mass is 79.9. The molecule has 0 aromatic carbocycles. The molecule has 1 aliphatic carbocycles. The zero-order chi connectivity index (χ0) is 13.2. The van der Waals surface area contributed by atoms with Crippen LogP contribution in [0.25, 0.3) is 0 Å². The van der Waals surface area contributed by atoms with Gasteiger partial charge in [0.15, 0.2) is 0 Å². The molecule has 2 aromatic rings. The molecule has 5 heteroatoms. The largest absolute Gasteiger partial charge is 0.367 e. The van der Waals surface area contributed by atoms with E-state index in [0.717, 1.165) is 22.7 Å². The maximum atomic E-state index is 4.62. The third kappa shape index (κ3) is 3.54. The van der Waals surface area contributed by atoms with Gasteiger partial charge in [-0.15, -0.1) is 11.3 Å². The summed E-state index contributed by atoms with van der Waals surface area (Å²) in [5.74, 6) is 2.47. The zero-order valence-electron chi connectivity index (χ0n) is 10.8. The standard InChI is InChI=1S/C14H16BrN3S/c1-9(7-11-3-2-6-19-11)16-13-8-12(15)17-14(18-13)10-4-5-10/h2-3,6,8-10H,4-5,7H2,1H3,(H,16,17,18). The average Bonchev–Trinajstić information content (AvgIpc) is 3.08. The normalized spacial score (nSPS) is 16.3. The van der Waals surface area contributed by atoms with Crippen molar-refractivity contribution < 1.29 is 0 Å². The number of nitrogens with one attached hydrogen (secondary N) is 1. The van der Waals surface area contributed by atoms with Crippen molar-refractivity contribution in [1.82, 2.24) is 9.97 Å². The molecule has 2 aromatic heterocycles. The van der Waals surface area contributed by atoms with Crippen LogP contribution in [0.5, 0.6) is 0 Å². The molecule has 1 aliphatic rings. The van der Waals surface area contributed by atoms with Crippen LogP contribution in [-0.4, -0.2) is 16.0 Å². The topological polar surface area (TPSA) is 37.8 Å². The van der Waals surface area contributed by atoms with Crippen LogP contribution in [0.1, 0.15) is 36.4 Å². The fraction of sp³-hybridized carbons (Fsp3) is 0.429. The summed E-state index contributed by atoms with van der Waals surface area (Å²) < 4.78 is 0.871. The number of nitrogens with zero attached hydrogens (tertiary/aromatic N) is 2. The number of aromatic nitrogens is 2. The minimum Gasteiger partial charge on any atom is -0.367 e.